The second-order valence-electron chi connectivity index (χ2n) is 9.52. The van der Waals surface area contributed by atoms with Gasteiger partial charge in [0.2, 0.25) is 11.8 Å². The van der Waals surface area contributed by atoms with E-state index in [4.69, 9.17) is 23.2 Å². The number of anilines is 1. The van der Waals surface area contributed by atoms with Gasteiger partial charge in [-0.3, -0.25) is 13.9 Å². The summed E-state index contributed by atoms with van der Waals surface area (Å²) in [6.07, 6.45) is 0.703. The molecule has 0 heterocycles. The summed E-state index contributed by atoms with van der Waals surface area (Å²) in [4.78, 5) is 28.5. The predicted octanol–water partition coefficient (Wildman–Crippen LogP) is 6.59. The third-order valence-electron chi connectivity index (χ3n) is 6.54. The van der Waals surface area contributed by atoms with Crippen LogP contribution in [0.1, 0.15) is 38.3 Å². The number of nitrogens with zero attached hydrogens (tertiary/aromatic N) is 2. The zero-order chi connectivity index (χ0) is 29.6. The van der Waals surface area contributed by atoms with Crippen molar-refractivity contribution in [2.24, 2.45) is 0 Å². The smallest absolute Gasteiger partial charge is 0.264 e. The number of nitrogens with one attached hydrogen (secondary N) is 1. The fourth-order valence-electron chi connectivity index (χ4n) is 3.90. The summed E-state index contributed by atoms with van der Waals surface area (Å²) < 4.78 is 29.5. The molecule has 3 aromatic rings. The number of hydrogen-bond donors (Lipinski definition) is 1. The highest BCUT2D eigenvalue weighted by Crippen LogP contribution is 2.29. The van der Waals surface area contributed by atoms with Crippen molar-refractivity contribution in [3.8, 4) is 0 Å². The first kappa shape index (κ1) is 31.9. The van der Waals surface area contributed by atoms with Crippen LogP contribution in [0.15, 0.2) is 76.1 Å². The highest BCUT2D eigenvalue weighted by Gasteiger charge is 2.33. The fourth-order valence-corrected chi connectivity index (χ4v) is 6.21. The quantitative estimate of drug-likeness (QED) is 0.250. The number of sulfonamides is 1. The molecule has 1 N–H and O–H groups in total. The Balaban J connectivity index is 2.07. The number of halogens is 3. The molecule has 0 aliphatic carbocycles. The molecule has 0 aromatic heterocycles. The molecule has 0 aliphatic rings. The third-order valence-corrected chi connectivity index (χ3v) is 9.53. The SMILES string of the molecule is CC[C@@H](C)NC(=O)[C@@H](C)N(Cc1c(Cl)cccc1Cl)C(=O)CN(c1cccc(Br)c1)S(=O)(=O)c1ccc(C)cc1. The number of amides is 2. The Hall–Kier alpha value is -2.59. The van der Waals surface area contributed by atoms with E-state index in [1.165, 1.54) is 17.0 Å². The average Bonchev–Trinajstić information content (AvgIpc) is 2.91. The van der Waals surface area contributed by atoms with E-state index in [9.17, 15) is 18.0 Å². The van der Waals surface area contributed by atoms with Crippen molar-refractivity contribution in [1.82, 2.24) is 10.2 Å². The van der Waals surface area contributed by atoms with Crippen molar-refractivity contribution in [2.75, 3.05) is 10.8 Å². The number of aryl methyl sites for hydroxylation is 1. The molecule has 40 heavy (non-hydrogen) atoms. The largest absolute Gasteiger partial charge is 0.352 e. The van der Waals surface area contributed by atoms with Gasteiger partial charge in [-0.2, -0.15) is 0 Å². The van der Waals surface area contributed by atoms with Crippen LogP contribution in [0.3, 0.4) is 0 Å². The fraction of sp³-hybridized carbons (Fsp3) is 0.310. The molecular weight excluding hydrogens is 637 g/mol. The Morgan fingerprint density at radius 2 is 1.57 bits per heavy atom. The molecule has 0 bridgehead atoms. The molecule has 11 heteroatoms. The van der Waals surface area contributed by atoms with Crippen LogP contribution in [-0.2, 0) is 26.2 Å². The van der Waals surface area contributed by atoms with Crippen LogP contribution < -0.4 is 9.62 Å². The molecule has 0 unspecified atom stereocenters. The first-order valence-electron chi connectivity index (χ1n) is 12.7. The molecule has 0 spiro atoms. The molecule has 3 aromatic carbocycles. The van der Waals surface area contributed by atoms with Crippen LogP contribution in [0, 0.1) is 6.92 Å². The standard InChI is InChI=1S/C29H32BrCl2N3O4S/c1-5-20(3)33-29(37)21(4)34(17-25-26(31)10-7-11-27(25)32)28(36)18-35(23-9-6-8-22(30)16-23)40(38,39)24-14-12-19(2)13-15-24/h6-16,20-21H,5,17-18H2,1-4H3,(H,33,37)/t20-,21-/m1/s1. The van der Waals surface area contributed by atoms with Gasteiger partial charge in [-0.15, -0.1) is 0 Å². The predicted molar refractivity (Wildman–Crippen MR) is 164 cm³/mol. The molecule has 7 nitrogen and oxygen atoms in total. The summed E-state index contributed by atoms with van der Waals surface area (Å²) in [6, 6.07) is 17.0. The summed E-state index contributed by atoms with van der Waals surface area (Å²) in [5.74, 6) is -0.972. The first-order valence-corrected chi connectivity index (χ1v) is 15.7. The second kappa shape index (κ2) is 13.9. The summed E-state index contributed by atoms with van der Waals surface area (Å²) in [7, 11) is -4.16. The van der Waals surface area contributed by atoms with E-state index in [1.54, 1.807) is 61.5 Å². The zero-order valence-corrected chi connectivity index (χ0v) is 26.6. The normalized spacial score (nSPS) is 12.9. The minimum atomic E-state index is -4.16. The van der Waals surface area contributed by atoms with Gasteiger partial charge in [-0.1, -0.05) is 75.9 Å². The van der Waals surface area contributed by atoms with E-state index in [2.05, 4.69) is 21.2 Å². The zero-order valence-electron chi connectivity index (χ0n) is 22.7. The molecule has 214 valence electrons. The van der Waals surface area contributed by atoms with Crippen LogP contribution in [0.4, 0.5) is 5.69 Å². The Morgan fingerprint density at radius 1 is 0.975 bits per heavy atom. The maximum atomic E-state index is 14.0. The van der Waals surface area contributed by atoms with E-state index in [0.29, 0.717) is 26.5 Å². The van der Waals surface area contributed by atoms with Crippen molar-refractivity contribution in [3.05, 3.63) is 92.4 Å². The summed E-state index contributed by atoms with van der Waals surface area (Å²) in [5.41, 5.74) is 1.64. The van der Waals surface area contributed by atoms with E-state index in [0.717, 1.165) is 9.87 Å². The van der Waals surface area contributed by atoms with Crippen LogP contribution in [0.2, 0.25) is 10.0 Å². The van der Waals surface area contributed by atoms with Gasteiger partial charge in [0.1, 0.15) is 12.6 Å². The molecular formula is C29H32BrCl2N3O4S. The number of carbonyl (C=O) groups excluding carboxylic acids is 2. The highest BCUT2D eigenvalue weighted by molar-refractivity contribution is 9.10. The number of carbonyl (C=O) groups is 2. The third kappa shape index (κ3) is 7.78. The van der Waals surface area contributed by atoms with Gasteiger partial charge >= 0.3 is 0 Å². The summed E-state index contributed by atoms with van der Waals surface area (Å²) in [6.45, 7) is 6.60. The second-order valence-corrected chi connectivity index (χ2v) is 13.1. The lowest BCUT2D eigenvalue weighted by atomic mass is 10.1. The monoisotopic (exact) mass is 667 g/mol. The van der Waals surface area contributed by atoms with Crippen molar-refractivity contribution in [3.63, 3.8) is 0 Å². The Bertz CT molecular complexity index is 1450. The van der Waals surface area contributed by atoms with Gasteiger partial charge in [0.15, 0.2) is 0 Å². The Labute approximate surface area is 254 Å². The molecule has 0 radical (unpaired) electrons. The van der Waals surface area contributed by atoms with Crippen LogP contribution >= 0.6 is 39.1 Å². The molecule has 0 fully saturated rings. The number of rotatable bonds is 11. The number of hydrogen-bond acceptors (Lipinski definition) is 4. The lowest BCUT2D eigenvalue weighted by molar-refractivity contribution is -0.139. The van der Waals surface area contributed by atoms with E-state index in [1.807, 2.05) is 20.8 Å². The lowest BCUT2D eigenvalue weighted by Gasteiger charge is -2.33. The summed E-state index contributed by atoms with van der Waals surface area (Å²) in [5, 5.41) is 3.56. The van der Waals surface area contributed by atoms with Crippen LogP contribution in [0.5, 0.6) is 0 Å². The van der Waals surface area contributed by atoms with Gasteiger partial charge < -0.3 is 10.2 Å². The van der Waals surface area contributed by atoms with Gasteiger partial charge in [0, 0.05) is 32.7 Å². The topological polar surface area (TPSA) is 86.8 Å². The van der Waals surface area contributed by atoms with E-state index >= 15 is 0 Å². The Morgan fingerprint density at radius 3 is 2.15 bits per heavy atom. The molecule has 0 aliphatic heterocycles. The van der Waals surface area contributed by atoms with Crippen LogP contribution in [0.25, 0.3) is 0 Å². The van der Waals surface area contributed by atoms with Crippen molar-refractivity contribution in [1.29, 1.82) is 0 Å². The minimum absolute atomic E-state index is 0.0362. The van der Waals surface area contributed by atoms with Gasteiger partial charge in [-0.25, -0.2) is 8.42 Å². The molecule has 3 rings (SSSR count). The molecule has 0 saturated heterocycles. The van der Waals surface area contributed by atoms with Gasteiger partial charge in [0.25, 0.3) is 10.0 Å². The average molecular weight is 669 g/mol. The number of benzene rings is 3. The van der Waals surface area contributed by atoms with Gasteiger partial charge in [0.05, 0.1) is 10.6 Å². The van der Waals surface area contributed by atoms with Gasteiger partial charge in [-0.05, 0) is 69.7 Å². The van der Waals surface area contributed by atoms with E-state index in [-0.39, 0.29) is 29.1 Å². The highest BCUT2D eigenvalue weighted by atomic mass is 79.9. The van der Waals surface area contributed by atoms with Crippen molar-refractivity contribution in [2.45, 2.75) is 57.6 Å². The first-order chi connectivity index (χ1) is 18.8. The Kier molecular flexibility index (Phi) is 11.1. The molecule has 0 saturated carbocycles. The minimum Gasteiger partial charge on any atom is -0.352 e. The van der Waals surface area contributed by atoms with E-state index < -0.39 is 28.5 Å². The molecule has 2 atom stereocenters. The van der Waals surface area contributed by atoms with Crippen molar-refractivity contribution < 1.29 is 18.0 Å². The lowest BCUT2D eigenvalue weighted by Crippen LogP contribution is -2.52. The maximum Gasteiger partial charge on any atom is 0.264 e. The van der Waals surface area contributed by atoms with Crippen LogP contribution in [-0.4, -0.2) is 43.8 Å². The maximum absolute atomic E-state index is 14.0. The van der Waals surface area contributed by atoms with Crippen molar-refractivity contribution >= 4 is 66.7 Å². The summed E-state index contributed by atoms with van der Waals surface area (Å²) >= 11 is 16.2. The molecule has 2 amide bonds.